The molecule has 0 fully saturated rings. The molecule has 1 nitrogen and oxygen atoms in total. The molecular formula is C14H30O. The lowest BCUT2D eigenvalue weighted by molar-refractivity contribution is 0.0670. The average molecular weight is 214 g/mol. The molecule has 0 radical (unpaired) electrons. The molecule has 92 valence electrons. The van der Waals surface area contributed by atoms with Gasteiger partial charge < -0.3 is 5.11 Å². The summed E-state index contributed by atoms with van der Waals surface area (Å²) in [6.45, 7) is 13.3. The number of rotatable bonds is 6. The van der Waals surface area contributed by atoms with Gasteiger partial charge in [-0.1, -0.05) is 54.4 Å². The summed E-state index contributed by atoms with van der Waals surface area (Å²) >= 11 is 0. The van der Waals surface area contributed by atoms with Crippen molar-refractivity contribution in [3.05, 3.63) is 0 Å². The van der Waals surface area contributed by atoms with Crippen LogP contribution in [0.2, 0.25) is 0 Å². The van der Waals surface area contributed by atoms with Crippen LogP contribution in [-0.2, 0) is 0 Å². The van der Waals surface area contributed by atoms with E-state index in [1.807, 2.05) is 0 Å². The Hall–Kier alpha value is -0.0400. The summed E-state index contributed by atoms with van der Waals surface area (Å²) in [5.41, 5.74) is 0.328. The van der Waals surface area contributed by atoms with Crippen LogP contribution in [0.1, 0.15) is 67.2 Å². The van der Waals surface area contributed by atoms with Gasteiger partial charge in [0.05, 0.1) is 6.10 Å². The van der Waals surface area contributed by atoms with Crippen molar-refractivity contribution in [2.24, 2.45) is 17.3 Å². The average Bonchev–Trinajstić information content (AvgIpc) is 2.10. The lowest BCUT2D eigenvalue weighted by Crippen LogP contribution is -2.25. The first kappa shape index (κ1) is 15.0. The van der Waals surface area contributed by atoms with Crippen LogP contribution in [0.5, 0.6) is 0 Å². The first-order chi connectivity index (χ1) is 6.80. The fourth-order valence-corrected chi connectivity index (χ4v) is 2.30. The van der Waals surface area contributed by atoms with E-state index >= 15 is 0 Å². The third kappa shape index (κ3) is 6.94. The van der Waals surface area contributed by atoms with Crippen molar-refractivity contribution < 1.29 is 5.11 Å². The highest BCUT2D eigenvalue weighted by atomic mass is 16.3. The molecule has 0 rings (SSSR count). The van der Waals surface area contributed by atoms with Crippen molar-refractivity contribution >= 4 is 0 Å². The topological polar surface area (TPSA) is 20.2 Å². The molecule has 15 heavy (non-hydrogen) atoms. The van der Waals surface area contributed by atoms with E-state index in [0.717, 1.165) is 12.8 Å². The Balaban J connectivity index is 4.03. The van der Waals surface area contributed by atoms with Gasteiger partial charge in [0, 0.05) is 0 Å². The van der Waals surface area contributed by atoms with Crippen LogP contribution in [0.15, 0.2) is 0 Å². The van der Waals surface area contributed by atoms with E-state index in [0.29, 0.717) is 17.3 Å². The Morgan fingerprint density at radius 3 is 1.87 bits per heavy atom. The second kappa shape index (κ2) is 6.52. The molecule has 0 amide bonds. The standard InChI is InChI=1S/C14H30O/c1-7-12(8-2)9-13(15)11(3)10-14(4,5)6/h11-13,15H,7-10H2,1-6H3. The molecule has 0 spiro atoms. The van der Waals surface area contributed by atoms with E-state index in [2.05, 4.69) is 41.5 Å². The first-order valence-corrected chi connectivity index (χ1v) is 6.48. The molecule has 1 N–H and O–H groups in total. The second-order valence-corrected chi connectivity index (χ2v) is 6.23. The Labute approximate surface area is 96.3 Å². The Kier molecular flexibility index (Phi) is 6.51. The maximum absolute atomic E-state index is 10.1. The highest BCUT2D eigenvalue weighted by molar-refractivity contribution is 4.74. The van der Waals surface area contributed by atoms with Gasteiger partial charge in [0.1, 0.15) is 0 Å². The van der Waals surface area contributed by atoms with E-state index in [-0.39, 0.29) is 6.10 Å². The fourth-order valence-electron chi connectivity index (χ4n) is 2.30. The lowest BCUT2D eigenvalue weighted by atomic mass is 9.80. The molecule has 0 aromatic carbocycles. The van der Waals surface area contributed by atoms with E-state index < -0.39 is 0 Å². The van der Waals surface area contributed by atoms with Gasteiger partial charge in [-0.3, -0.25) is 0 Å². The number of hydrogen-bond acceptors (Lipinski definition) is 1. The molecule has 0 aliphatic carbocycles. The fraction of sp³-hybridized carbons (Fsp3) is 1.00. The monoisotopic (exact) mass is 214 g/mol. The van der Waals surface area contributed by atoms with Crippen molar-refractivity contribution in [2.75, 3.05) is 0 Å². The number of aliphatic hydroxyl groups is 1. The molecule has 0 aliphatic rings. The van der Waals surface area contributed by atoms with Crippen molar-refractivity contribution in [2.45, 2.75) is 73.3 Å². The van der Waals surface area contributed by atoms with E-state index in [9.17, 15) is 5.11 Å². The van der Waals surface area contributed by atoms with Gasteiger partial charge in [0.15, 0.2) is 0 Å². The highest BCUT2D eigenvalue weighted by Crippen LogP contribution is 2.29. The molecule has 1 heteroatoms. The van der Waals surface area contributed by atoms with Crippen LogP contribution in [0.4, 0.5) is 0 Å². The summed E-state index contributed by atoms with van der Waals surface area (Å²) in [5.74, 6) is 1.12. The molecule has 0 bridgehead atoms. The van der Waals surface area contributed by atoms with Crippen LogP contribution >= 0.6 is 0 Å². The molecule has 0 saturated carbocycles. The molecule has 0 aromatic rings. The molecule has 2 atom stereocenters. The van der Waals surface area contributed by atoms with Crippen molar-refractivity contribution in [1.82, 2.24) is 0 Å². The Bertz CT molecular complexity index is 153. The van der Waals surface area contributed by atoms with Gasteiger partial charge in [-0.25, -0.2) is 0 Å². The largest absolute Gasteiger partial charge is 0.393 e. The van der Waals surface area contributed by atoms with Crippen LogP contribution in [0, 0.1) is 17.3 Å². The maximum atomic E-state index is 10.1. The van der Waals surface area contributed by atoms with Crippen molar-refractivity contribution in [3.63, 3.8) is 0 Å². The van der Waals surface area contributed by atoms with Crippen LogP contribution in [-0.4, -0.2) is 11.2 Å². The molecule has 0 aliphatic heterocycles. The van der Waals surface area contributed by atoms with Gasteiger partial charge in [-0.2, -0.15) is 0 Å². The number of hydrogen-bond donors (Lipinski definition) is 1. The van der Waals surface area contributed by atoms with Gasteiger partial charge >= 0.3 is 0 Å². The van der Waals surface area contributed by atoms with Gasteiger partial charge in [0.2, 0.25) is 0 Å². The third-order valence-electron chi connectivity index (χ3n) is 3.32. The minimum Gasteiger partial charge on any atom is -0.393 e. The van der Waals surface area contributed by atoms with Crippen LogP contribution in [0.3, 0.4) is 0 Å². The Morgan fingerprint density at radius 1 is 1.07 bits per heavy atom. The summed E-state index contributed by atoms with van der Waals surface area (Å²) in [6.07, 6.45) is 4.35. The Morgan fingerprint density at radius 2 is 1.53 bits per heavy atom. The molecule has 2 unspecified atom stereocenters. The molecule has 0 saturated heterocycles. The summed E-state index contributed by atoms with van der Waals surface area (Å²) in [5, 5.41) is 10.1. The maximum Gasteiger partial charge on any atom is 0.0568 e. The van der Waals surface area contributed by atoms with E-state index in [4.69, 9.17) is 0 Å². The smallest absolute Gasteiger partial charge is 0.0568 e. The zero-order valence-corrected chi connectivity index (χ0v) is 11.5. The highest BCUT2D eigenvalue weighted by Gasteiger charge is 2.22. The number of aliphatic hydroxyl groups excluding tert-OH is 1. The molecule has 0 heterocycles. The van der Waals surface area contributed by atoms with Gasteiger partial charge in [-0.05, 0) is 30.1 Å². The third-order valence-corrected chi connectivity index (χ3v) is 3.32. The lowest BCUT2D eigenvalue weighted by Gasteiger charge is -2.28. The van der Waals surface area contributed by atoms with Crippen molar-refractivity contribution in [1.29, 1.82) is 0 Å². The predicted octanol–water partition coefficient (Wildman–Crippen LogP) is 4.25. The summed E-state index contributed by atoms with van der Waals surface area (Å²) in [4.78, 5) is 0. The van der Waals surface area contributed by atoms with E-state index in [1.54, 1.807) is 0 Å². The minimum atomic E-state index is -0.117. The SMILES string of the molecule is CCC(CC)CC(O)C(C)CC(C)(C)C. The quantitative estimate of drug-likeness (QED) is 0.701. The van der Waals surface area contributed by atoms with Gasteiger partial charge in [0.25, 0.3) is 0 Å². The molecule has 0 aromatic heterocycles. The van der Waals surface area contributed by atoms with Crippen molar-refractivity contribution in [3.8, 4) is 0 Å². The molecular weight excluding hydrogens is 184 g/mol. The first-order valence-electron chi connectivity index (χ1n) is 6.48. The van der Waals surface area contributed by atoms with Gasteiger partial charge in [-0.15, -0.1) is 0 Å². The zero-order chi connectivity index (χ0) is 12.1. The summed E-state index contributed by atoms with van der Waals surface area (Å²) in [6, 6.07) is 0. The second-order valence-electron chi connectivity index (χ2n) is 6.23. The zero-order valence-electron chi connectivity index (χ0n) is 11.5. The minimum absolute atomic E-state index is 0.117. The predicted molar refractivity (Wildman–Crippen MR) is 67.9 cm³/mol. The van der Waals surface area contributed by atoms with Crippen LogP contribution in [0.25, 0.3) is 0 Å². The van der Waals surface area contributed by atoms with Crippen LogP contribution < -0.4 is 0 Å². The van der Waals surface area contributed by atoms with E-state index in [1.165, 1.54) is 12.8 Å². The summed E-state index contributed by atoms with van der Waals surface area (Å²) < 4.78 is 0. The summed E-state index contributed by atoms with van der Waals surface area (Å²) in [7, 11) is 0. The normalized spacial score (nSPS) is 16.8.